The molecule has 4 amide bonds. The molecule has 12 heteroatoms. The van der Waals surface area contributed by atoms with Crippen molar-refractivity contribution in [2.75, 3.05) is 0 Å². The van der Waals surface area contributed by atoms with Crippen LogP contribution in [0.3, 0.4) is 0 Å². The first-order valence-corrected chi connectivity index (χ1v) is 10.8. The molecule has 0 aliphatic rings. The van der Waals surface area contributed by atoms with E-state index in [1.807, 2.05) is 0 Å². The van der Waals surface area contributed by atoms with Gasteiger partial charge in [0, 0.05) is 0 Å². The second-order valence-corrected chi connectivity index (χ2v) is 8.47. The Hall–Kier alpha value is -3.67. The van der Waals surface area contributed by atoms with E-state index in [1.165, 1.54) is 19.1 Å². The van der Waals surface area contributed by atoms with Gasteiger partial charge in [-0.25, -0.2) is 4.79 Å². The summed E-state index contributed by atoms with van der Waals surface area (Å²) < 4.78 is 0. The zero-order valence-corrected chi connectivity index (χ0v) is 19.4. The Morgan fingerprint density at radius 1 is 0.882 bits per heavy atom. The average molecular weight is 480 g/mol. The van der Waals surface area contributed by atoms with Crippen LogP contribution in [0.4, 0.5) is 0 Å². The number of rotatable bonds is 13. The van der Waals surface area contributed by atoms with Gasteiger partial charge in [0.05, 0.1) is 12.5 Å². The fraction of sp³-hybridized carbons (Fsp3) is 0.500. The maximum Gasteiger partial charge on any atom is 0.326 e. The first-order valence-electron chi connectivity index (χ1n) is 10.8. The van der Waals surface area contributed by atoms with E-state index in [-0.39, 0.29) is 24.5 Å². The third-order valence-electron chi connectivity index (χ3n) is 4.84. The number of amides is 4. The molecule has 0 aliphatic carbocycles. The standard InChI is InChI=1S/C22H33N5O7/c1-11(2)8-16(21(32)27-17(22(33)34)10-18(24)29)26-19(30)12(3)25-20(31)15(23)9-13-4-6-14(28)7-5-13/h4-7,11-12,15-17,28H,8-10,23H2,1-3H3,(H2,24,29)(H,25,31)(H,26,30)(H,27,32)(H,33,34). The number of aliphatic carboxylic acids is 1. The van der Waals surface area contributed by atoms with Crippen LogP contribution in [0, 0.1) is 5.92 Å². The first kappa shape index (κ1) is 28.4. The van der Waals surface area contributed by atoms with Gasteiger partial charge in [0.2, 0.25) is 23.6 Å². The number of hydrogen-bond donors (Lipinski definition) is 7. The zero-order chi connectivity index (χ0) is 26.0. The second-order valence-electron chi connectivity index (χ2n) is 8.47. The number of carbonyl (C=O) groups is 5. The summed E-state index contributed by atoms with van der Waals surface area (Å²) in [5.41, 5.74) is 11.7. The van der Waals surface area contributed by atoms with Crippen molar-refractivity contribution in [3.8, 4) is 5.75 Å². The van der Waals surface area contributed by atoms with Gasteiger partial charge in [-0.3, -0.25) is 19.2 Å². The van der Waals surface area contributed by atoms with Crippen molar-refractivity contribution in [2.45, 2.75) is 64.2 Å². The Labute approximate surface area is 197 Å². The second kappa shape index (κ2) is 13.1. The molecule has 1 aromatic rings. The molecule has 4 atom stereocenters. The summed E-state index contributed by atoms with van der Waals surface area (Å²) in [5.74, 6) is -4.36. The van der Waals surface area contributed by atoms with Crippen LogP contribution in [0.2, 0.25) is 0 Å². The SMILES string of the molecule is CC(C)CC(NC(=O)C(C)NC(=O)C(N)Cc1ccc(O)cc1)C(=O)NC(CC(N)=O)C(=O)O. The van der Waals surface area contributed by atoms with E-state index >= 15 is 0 Å². The Morgan fingerprint density at radius 3 is 1.94 bits per heavy atom. The molecule has 188 valence electrons. The minimum atomic E-state index is -1.54. The Morgan fingerprint density at radius 2 is 1.44 bits per heavy atom. The molecule has 0 saturated carbocycles. The van der Waals surface area contributed by atoms with Crippen molar-refractivity contribution in [3.05, 3.63) is 29.8 Å². The molecule has 0 aliphatic heterocycles. The molecule has 0 radical (unpaired) electrons. The van der Waals surface area contributed by atoms with Gasteiger partial charge in [0.15, 0.2) is 0 Å². The number of carbonyl (C=O) groups excluding carboxylic acids is 4. The Kier molecular flexibility index (Phi) is 11.0. The van der Waals surface area contributed by atoms with Crippen LogP contribution in [0.5, 0.6) is 5.75 Å². The predicted octanol–water partition coefficient (Wildman–Crippen LogP) is -1.26. The van der Waals surface area contributed by atoms with Crippen LogP contribution >= 0.6 is 0 Å². The lowest BCUT2D eigenvalue weighted by molar-refractivity contribution is -0.143. The predicted molar refractivity (Wildman–Crippen MR) is 122 cm³/mol. The molecule has 0 saturated heterocycles. The summed E-state index contributed by atoms with van der Waals surface area (Å²) in [6.45, 7) is 5.02. The number of phenols is 1. The molecule has 0 fully saturated rings. The summed E-state index contributed by atoms with van der Waals surface area (Å²) in [4.78, 5) is 60.0. The average Bonchev–Trinajstić information content (AvgIpc) is 2.73. The number of carboxylic acid groups (broad SMARTS) is 1. The molecule has 4 unspecified atom stereocenters. The molecule has 34 heavy (non-hydrogen) atoms. The minimum absolute atomic E-state index is 0.0425. The maximum atomic E-state index is 12.6. The van der Waals surface area contributed by atoms with Crippen LogP contribution in [0.1, 0.15) is 39.2 Å². The molecular weight excluding hydrogens is 446 g/mol. The van der Waals surface area contributed by atoms with Crippen LogP contribution in [0.25, 0.3) is 0 Å². The minimum Gasteiger partial charge on any atom is -0.508 e. The highest BCUT2D eigenvalue weighted by Gasteiger charge is 2.30. The molecule has 0 spiro atoms. The monoisotopic (exact) mass is 479 g/mol. The van der Waals surface area contributed by atoms with Gasteiger partial charge >= 0.3 is 5.97 Å². The Bertz CT molecular complexity index is 888. The number of primary amides is 1. The molecule has 0 heterocycles. The number of carboxylic acids is 1. The fourth-order valence-electron chi connectivity index (χ4n) is 3.04. The number of nitrogens with one attached hydrogen (secondary N) is 3. The summed E-state index contributed by atoms with van der Waals surface area (Å²) in [5, 5.41) is 25.7. The fourth-order valence-corrected chi connectivity index (χ4v) is 3.04. The van der Waals surface area contributed by atoms with Crippen LogP contribution in [0.15, 0.2) is 24.3 Å². The molecule has 1 aromatic carbocycles. The summed E-state index contributed by atoms with van der Waals surface area (Å²) >= 11 is 0. The van der Waals surface area contributed by atoms with Crippen LogP contribution in [-0.4, -0.2) is 64.0 Å². The van der Waals surface area contributed by atoms with Crippen molar-refractivity contribution in [2.24, 2.45) is 17.4 Å². The highest BCUT2D eigenvalue weighted by molar-refractivity contribution is 5.94. The van der Waals surface area contributed by atoms with Crippen molar-refractivity contribution >= 4 is 29.6 Å². The highest BCUT2D eigenvalue weighted by Crippen LogP contribution is 2.11. The molecule has 12 nitrogen and oxygen atoms in total. The smallest absolute Gasteiger partial charge is 0.326 e. The normalized spacial score (nSPS) is 14.4. The lowest BCUT2D eigenvalue weighted by Gasteiger charge is -2.24. The number of nitrogens with two attached hydrogens (primary N) is 2. The third kappa shape index (κ3) is 9.86. The lowest BCUT2D eigenvalue weighted by Crippen LogP contribution is -2.57. The molecule has 0 aromatic heterocycles. The number of phenolic OH excluding ortho intramolecular Hbond substituents is 1. The summed E-state index contributed by atoms with van der Waals surface area (Å²) in [7, 11) is 0. The molecule has 0 bridgehead atoms. The number of aromatic hydroxyl groups is 1. The van der Waals surface area contributed by atoms with Gasteiger partial charge in [0.1, 0.15) is 23.9 Å². The van der Waals surface area contributed by atoms with E-state index in [1.54, 1.807) is 26.0 Å². The van der Waals surface area contributed by atoms with Gasteiger partial charge in [-0.15, -0.1) is 0 Å². The summed E-state index contributed by atoms with van der Waals surface area (Å²) in [6, 6.07) is 1.54. The molecular formula is C22H33N5O7. The third-order valence-corrected chi connectivity index (χ3v) is 4.84. The topological polar surface area (TPSA) is 214 Å². The van der Waals surface area contributed by atoms with E-state index in [9.17, 15) is 34.2 Å². The molecule has 1 rings (SSSR count). The van der Waals surface area contributed by atoms with Crippen molar-refractivity contribution in [1.82, 2.24) is 16.0 Å². The maximum absolute atomic E-state index is 12.6. The van der Waals surface area contributed by atoms with E-state index < -0.39 is 60.2 Å². The van der Waals surface area contributed by atoms with Gasteiger partial charge in [-0.1, -0.05) is 26.0 Å². The van der Waals surface area contributed by atoms with E-state index in [2.05, 4.69) is 16.0 Å². The number of benzene rings is 1. The van der Waals surface area contributed by atoms with Crippen molar-refractivity contribution in [1.29, 1.82) is 0 Å². The van der Waals surface area contributed by atoms with Gasteiger partial charge in [0.25, 0.3) is 0 Å². The largest absolute Gasteiger partial charge is 0.508 e. The van der Waals surface area contributed by atoms with Crippen LogP contribution in [-0.2, 0) is 30.4 Å². The summed E-state index contributed by atoms with van der Waals surface area (Å²) in [6.07, 6.45) is -0.244. The van der Waals surface area contributed by atoms with Gasteiger partial charge in [-0.2, -0.15) is 0 Å². The number of hydrogen-bond acceptors (Lipinski definition) is 7. The molecule has 9 N–H and O–H groups in total. The lowest BCUT2D eigenvalue weighted by atomic mass is 10.0. The van der Waals surface area contributed by atoms with Gasteiger partial charge in [-0.05, 0) is 43.4 Å². The van der Waals surface area contributed by atoms with E-state index in [0.29, 0.717) is 0 Å². The van der Waals surface area contributed by atoms with Crippen molar-refractivity contribution < 1.29 is 34.2 Å². The van der Waals surface area contributed by atoms with E-state index in [4.69, 9.17) is 11.5 Å². The zero-order valence-electron chi connectivity index (χ0n) is 19.4. The quantitative estimate of drug-likeness (QED) is 0.181. The first-order chi connectivity index (χ1) is 15.8. The van der Waals surface area contributed by atoms with Gasteiger partial charge < -0.3 is 37.6 Å². The Balaban J connectivity index is 2.76. The highest BCUT2D eigenvalue weighted by atomic mass is 16.4. The van der Waals surface area contributed by atoms with E-state index in [0.717, 1.165) is 5.56 Å². The van der Waals surface area contributed by atoms with Crippen molar-refractivity contribution in [3.63, 3.8) is 0 Å². The van der Waals surface area contributed by atoms with Crippen LogP contribution < -0.4 is 27.4 Å².